The molecule has 2 aromatic rings. The third kappa shape index (κ3) is 2.43. The largest absolute Gasteiger partial charge is 0.329 e. The summed E-state index contributed by atoms with van der Waals surface area (Å²) in [6, 6.07) is 16.1. The molecule has 92 valence electrons. The molecule has 0 heterocycles. The maximum Gasteiger partial charge on any atom is 0.132 e. The molecular weight excluding hydrogens is 220 g/mol. The zero-order chi connectivity index (χ0) is 13.1. The van der Waals surface area contributed by atoms with Gasteiger partial charge in [0.2, 0.25) is 0 Å². The van der Waals surface area contributed by atoms with Crippen LogP contribution in [-0.4, -0.2) is 12.9 Å². The number of nitrogens with one attached hydrogen (secondary N) is 1. The fourth-order valence-corrected chi connectivity index (χ4v) is 2.09. The molecule has 0 aliphatic heterocycles. The second kappa shape index (κ2) is 5.05. The lowest BCUT2D eigenvalue weighted by Crippen LogP contribution is -2.26. The van der Waals surface area contributed by atoms with Crippen LogP contribution in [0.5, 0.6) is 0 Å². The number of rotatable bonds is 2. The van der Waals surface area contributed by atoms with E-state index in [9.17, 15) is 0 Å². The predicted octanol–water partition coefficient (Wildman–Crippen LogP) is 3.77. The van der Waals surface area contributed by atoms with E-state index in [1.165, 1.54) is 11.1 Å². The van der Waals surface area contributed by atoms with E-state index in [1.54, 1.807) is 0 Å². The number of anilines is 1. The molecule has 0 amide bonds. The van der Waals surface area contributed by atoms with Gasteiger partial charge in [0.1, 0.15) is 5.84 Å². The van der Waals surface area contributed by atoms with Crippen molar-refractivity contribution in [2.24, 2.45) is 0 Å². The van der Waals surface area contributed by atoms with E-state index in [1.807, 2.05) is 42.3 Å². The molecule has 0 bridgehead atoms. The third-order valence-electron chi connectivity index (χ3n) is 3.10. The van der Waals surface area contributed by atoms with Crippen molar-refractivity contribution < 1.29 is 0 Å². The van der Waals surface area contributed by atoms with Crippen molar-refractivity contribution in [1.29, 1.82) is 5.41 Å². The normalized spacial score (nSPS) is 10.2. The number of amidine groups is 1. The minimum Gasteiger partial charge on any atom is -0.329 e. The van der Waals surface area contributed by atoms with Crippen molar-refractivity contribution in [1.82, 2.24) is 0 Å². The van der Waals surface area contributed by atoms with Crippen molar-refractivity contribution in [3.05, 3.63) is 65.2 Å². The Morgan fingerprint density at radius 3 is 2.28 bits per heavy atom. The Balaban J connectivity index is 2.31. The van der Waals surface area contributed by atoms with E-state index in [0.29, 0.717) is 5.84 Å². The van der Waals surface area contributed by atoms with Gasteiger partial charge in [-0.15, -0.1) is 0 Å². The van der Waals surface area contributed by atoms with E-state index in [2.05, 4.69) is 32.0 Å². The van der Waals surface area contributed by atoms with E-state index in [4.69, 9.17) is 5.41 Å². The van der Waals surface area contributed by atoms with Gasteiger partial charge < -0.3 is 4.90 Å². The summed E-state index contributed by atoms with van der Waals surface area (Å²) in [4.78, 5) is 1.92. The molecule has 0 unspecified atom stereocenters. The summed E-state index contributed by atoms with van der Waals surface area (Å²) >= 11 is 0. The van der Waals surface area contributed by atoms with Crippen LogP contribution in [0.15, 0.2) is 48.5 Å². The molecule has 2 heteroatoms. The van der Waals surface area contributed by atoms with Gasteiger partial charge in [-0.1, -0.05) is 48.0 Å². The van der Waals surface area contributed by atoms with Crippen LogP contribution in [0.25, 0.3) is 0 Å². The average molecular weight is 238 g/mol. The molecule has 0 aliphatic rings. The lowest BCUT2D eigenvalue weighted by atomic mass is 10.1. The summed E-state index contributed by atoms with van der Waals surface area (Å²) in [7, 11) is 1.94. The molecule has 2 nitrogen and oxygen atoms in total. The second-order valence-electron chi connectivity index (χ2n) is 4.56. The number of hydrogen-bond donors (Lipinski definition) is 1. The molecule has 0 radical (unpaired) electrons. The molecule has 0 saturated carbocycles. The summed E-state index contributed by atoms with van der Waals surface area (Å²) in [5, 5.41) is 8.25. The van der Waals surface area contributed by atoms with Crippen LogP contribution in [0.3, 0.4) is 0 Å². The summed E-state index contributed by atoms with van der Waals surface area (Å²) in [5.41, 5.74) is 4.45. The molecule has 0 aromatic heterocycles. The van der Waals surface area contributed by atoms with Crippen molar-refractivity contribution in [2.45, 2.75) is 13.8 Å². The number of hydrogen-bond acceptors (Lipinski definition) is 1. The lowest BCUT2D eigenvalue weighted by molar-refractivity contribution is 1.19. The second-order valence-corrected chi connectivity index (χ2v) is 4.56. The van der Waals surface area contributed by atoms with Crippen molar-refractivity contribution in [3.63, 3.8) is 0 Å². The number of benzene rings is 2. The molecule has 18 heavy (non-hydrogen) atoms. The molecule has 2 rings (SSSR count). The van der Waals surface area contributed by atoms with Gasteiger partial charge in [0.25, 0.3) is 0 Å². The van der Waals surface area contributed by atoms with Gasteiger partial charge in [-0.25, -0.2) is 0 Å². The first-order chi connectivity index (χ1) is 8.59. The zero-order valence-electron chi connectivity index (χ0n) is 11.1. The Hall–Kier alpha value is -2.09. The van der Waals surface area contributed by atoms with Crippen LogP contribution >= 0.6 is 0 Å². The molecule has 0 spiro atoms. The minimum atomic E-state index is 0.516. The average Bonchev–Trinajstić information content (AvgIpc) is 2.38. The monoisotopic (exact) mass is 238 g/mol. The van der Waals surface area contributed by atoms with Gasteiger partial charge in [0.15, 0.2) is 0 Å². The molecule has 0 atom stereocenters. The van der Waals surface area contributed by atoms with Crippen LogP contribution in [0.1, 0.15) is 16.7 Å². The van der Waals surface area contributed by atoms with Gasteiger partial charge >= 0.3 is 0 Å². The van der Waals surface area contributed by atoms with Crippen LogP contribution in [0.2, 0.25) is 0 Å². The van der Waals surface area contributed by atoms with Crippen LogP contribution < -0.4 is 4.90 Å². The SMILES string of the molecule is Cc1ccc(N(C)C(=N)c2ccccc2)c(C)c1. The van der Waals surface area contributed by atoms with Gasteiger partial charge in [0, 0.05) is 18.3 Å². The Kier molecular flexibility index (Phi) is 3.47. The van der Waals surface area contributed by atoms with Gasteiger partial charge in [0.05, 0.1) is 0 Å². The topological polar surface area (TPSA) is 27.1 Å². The Labute approximate surface area is 108 Å². The first-order valence-corrected chi connectivity index (χ1v) is 6.04. The van der Waals surface area contributed by atoms with Crippen LogP contribution in [0, 0.1) is 19.3 Å². The van der Waals surface area contributed by atoms with E-state index in [0.717, 1.165) is 11.3 Å². The number of nitrogens with zero attached hydrogens (tertiary/aromatic N) is 1. The smallest absolute Gasteiger partial charge is 0.132 e. The van der Waals surface area contributed by atoms with Gasteiger partial charge in [-0.2, -0.15) is 0 Å². The maximum atomic E-state index is 8.25. The minimum absolute atomic E-state index is 0.516. The number of aryl methyl sites for hydroxylation is 2. The zero-order valence-corrected chi connectivity index (χ0v) is 11.1. The van der Waals surface area contributed by atoms with Crippen molar-refractivity contribution >= 4 is 11.5 Å². The fourth-order valence-electron chi connectivity index (χ4n) is 2.09. The van der Waals surface area contributed by atoms with Gasteiger partial charge in [-0.05, 0) is 25.5 Å². The van der Waals surface area contributed by atoms with E-state index >= 15 is 0 Å². The molecule has 1 N–H and O–H groups in total. The first-order valence-electron chi connectivity index (χ1n) is 6.04. The highest BCUT2D eigenvalue weighted by molar-refractivity contribution is 6.07. The highest BCUT2D eigenvalue weighted by atomic mass is 15.1. The predicted molar refractivity (Wildman–Crippen MR) is 77.6 cm³/mol. The Morgan fingerprint density at radius 1 is 1.00 bits per heavy atom. The molecule has 2 aromatic carbocycles. The van der Waals surface area contributed by atoms with E-state index < -0.39 is 0 Å². The van der Waals surface area contributed by atoms with Crippen molar-refractivity contribution in [3.8, 4) is 0 Å². The third-order valence-corrected chi connectivity index (χ3v) is 3.10. The highest BCUT2D eigenvalue weighted by Crippen LogP contribution is 2.21. The molecule has 0 saturated heterocycles. The Morgan fingerprint density at radius 2 is 1.67 bits per heavy atom. The summed E-state index contributed by atoms with van der Waals surface area (Å²) in [5.74, 6) is 0.516. The quantitative estimate of drug-likeness (QED) is 0.626. The summed E-state index contributed by atoms with van der Waals surface area (Å²) in [6.45, 7) is 4.16. The van der Waals surface area contributed by atoms with Crippen LogP contribution in [-0.2, 0) is 0 Å². The maximum absolute atomic E-state index is 8.25. The highest BCUT2D eigenvalue weighted by Gasteiger charge is 2.11. The van der Waals surface area contributed by atoms with Crippen LogP contribution in [0.4, 0.5) is 5.69 Å². The molecule has 0 fully saturated rings. The lowest BCUT2D eigenvalue weighted by Gasteiger charge is -2.22. The fraction of sp³-hybridized carbons (Fsp3) is 0.188. The van der Waals surface area contributed by atoms with Gasteiger partial charge in [-0.3, -0.25) is 5.41 Å². The Bertz CT molecular complexity index is 559. The standard InChI is InChI=1S/C16H18N2/c1-12-9-10-15(13(2)11-12)18(3)16(17)14-7-5-4-6-8-14/h4-11,17H,1-3H3. The summed E-state index contributed by atoms with van der Waals surface area (Å²) in [6.07, 6.45) is 0. The molecular formula is C16H18N2. The molecule has 0 aliphatic carbocycles. The first kappa shape index (κ1) is 12.4. The summed E-state index contributed by atoms with van der Waals surface area (Å²) < 4.78 is 0. The van der Waals surface area contributed by atoms with Crippen molar-refractivity contribution in [2.75, 3.05) is 11.9 Å². The van der Waals surface area contributed by atoms with E-state index in [-0.39, 0.29) is 0 Å².